The second kappa shape index (κ2) is 4.66. The molecule has 15 heavy (non-hydrogen) atoms. The lowest BCUT2D eigenvalue weighted by Crippen LogP contribution is -2.24. The quantitative estimate of drug-likeness (QED) is 0.810. The molecule has 1 aromatic heterocycles. The summed E-state index contributed by atoms with van der Waals surface area (Å²) in [6.45, 7) is 6.75. The van der Waals surface area contributed by atoms with Gasteiger partial charge in [0.05, 0.1) is 5.69 Å². The molecule has 1 N–H and O–H groups in total. The van der Waals surface area contributed by atoms with Crippen molar-refractivity contribution in [3.05, 3.63) is 11.9 Å². The number of rotatable bonds is 4. The first-order valence-corrected chi connectivity index (χ1v) is 5.73. The normalized spacial score (nSPS) is 17.2. The molecule has 1 fully saturated rings. The Morgan fingerprint density at radius 1 is 1.33 bits per heavy atom. The van der Waals surface area contributed by atoms with E-state index in [-0.39, 0.29) is 0 Å². The number of hydrogen-bond donors (Lipinski definition) is 1. The molecule has 1 aromatic rings. The number of aromatic nitrogens is 2. The highest BCUT2D eigenvalue weighted by atomic mass is 15.2. The van der Waals surface area contributed by atoms with Gasteiger partial charge in [-0.15, -0.1) is 0 Å². The van der Waals surface area contributed by atoms with E-state index in [1.165, 1.54) is 25.9 Å². The maximum Gasteiger partial charge on any atom is 0.202 e. The van der Waals surface area contributed by atoms with E-state index in [1.54, 1.807) is 0 Å². The monoisotopic (exact) mass is 208 g/mol. The molecule has 0 saturated carbocycles. The Kier molecular flexibility index (Phi) is 3.26. The van der Waals surface area contributed by atoms with Crippen LogP contribution >= 0.6 is 0 Å². The summed E-state index contributed by atoms with van der Waals surface area (Å²) < 4.78 is 2.20. The van der Waals surface area contributed by atoms with E-state index >= 15 is 0 Å². The molecule has 0 atom stereocenters. The van der Waals surface area contributed by atoms with Crippen molar-refractivity contribution in [3.8, 4) is 0 Å². The van der Waals surface area contributed by atoms with E-state index in [1.807, 2.05) is 14.0 Å². The molecule has 1 aliphatic rings. The highest BCUT2D eigenvalue weighted by molar-refractivity contribution is 5.27. The minimum atomic E-state index is 0.978. The third-order valence-electron chi connectivity index (χ3n) is 2.98. The van der Waals surface area contributed by atoms with E-state index in [0.29, 0.717) is 0 Å². The Morgan fingerprint density at radius 2 is 2.07 bits per heavy atom. The van der Waals surface area contributed by atoms with Gasteiger partial charge in [-0.1, -0.05) is 0 Å². The first kappa shape index (κ1) is 10.5. The zero-order valence-electron chi connectivity index (χ0n) is 9.66. The van der Waals surface area contributed by atoms with Crippen LogP contribution in [0.1, 0.15) is 18.5 Å². The predicted molar refractivity (Wildman–Crippen MR) is 62.2 cm³/mol. The lowest BCUT2D eigenvalue weighted by Gasteiger charge is -2.15. The maximum absolute atomic E-state index is 4.41. The molecule has 0 amide bonds. The van der Waals surface area contributed by atoms with Crippen molar-refractivity contribution in [2.24, 2.45) is 0 Å². The molecule has 2 rings (SSSR count). The first-order valence-electron chi connectivity index (χ1n) is 5.73. The SMILES string of the molecule is CNc1nc(C)cn1CCN1CCCC1. The Morgan fingerprint density at radius 3 is 2.73 bits per heavy atom. The van der Waals surface area contributed by atoms with Crippen molar-refractivity contribution in [2.75, 3.05) is 32.0 Å². The number of hydrogen-bond acceptors (Lipinski definition) is 3. The molecule has 4 nitrogen and oxygen atoms in total. The number of imidazole rings is 1. The minimum Gasteiger partial charge on any atom is -0.359 e. The second-order valence-corrected chi connectivity index (χ2v) is 4.20. The first-order chi connectivity index (χ1) is 7.29. The molecule has 4 heteroatoms. The van der Waals surface area contributed by atoms with Crippen molar-refractivity contribution in [3.63, 3.8) is 0 Å². The lowest BCUT2D eigenvalue weighted by molar-refractivity contribution is 0.323. The highest BCUT2D eigenvalue weighted by Gasteiger charge is 2.11. The highest BCUT2D eigenvalue weighted by Crippen LogP contribution is 2.10. The number of aryl methyl sites for hydroxylation is 1. The van der Waals surface area contributed by atoms with Gasteiger partial charge < -0.3 is 14.8 Å². The van der Waals surface area contributed by atoms with Gasteiger partial charge in [0, 0.05) is 26.3 Å². The molecule has 1 saturated heterocycles. The topological polar surface area (TPSA) is 33.1 Å². The molecule has 1 aliphatic heterocycles. The zero-order valence-corrected chi connectivity index (χ0v) is 9.66. The molecule has 0 aromatic carbocycles. The van der Waals surface area contributed by atoms with Crippen LogP contribution in [0.4, 0.5) is 5.95 Å². The van der Waals surface area contributed by atoms with Crippen molar-refractivity contribution in [1.29, 1.82) is 0 Å². The zero-order chi connectivity index (χ0) is 10.7. The fourth-order valence-electron chi connectivity index (χ4n) is 2.17. The van der Waals surface area contributed by atoms with Crippen LogP contribution in [-0.4, -0.2) is 41.1 Å². The van der Waals surface area contributed by atoms with Gasteiger partial charge in [-0.05, 0) is 32.9 Å². The maximum atomic E-state index is 4.41. The van der Waals surface area contributed by atoms with Crippen molar-refractivity contribution in [2.45, 2.75) is 26.3 Å². The third-order valence-corrected chi connectivity index (χ3v) is 2.98. The Labute approximate surface area is 91.3 Å². The summed E-state index contributed by atoms with van der Waals surface area (Å²) >= 11 is 0. The molecule has 84 valence electrons. The van der Waals surface area contributed by atoms with Crippen LogP contribution in [0.2, 0.25) is 0 Å². The summed E-state index contributed by atoms with van der Waals surface area (Å²) in [4.78, 5) is 6.93. The molecule has 0 radical (unpaired) electrons. The van der Waals surface area contributed by atoms with Crippen LogP contribution in [0.25, 0.3) is 0 Å². The van der Waals surface area contributed by atoms with Gasteiger partial charge in [0.1, 0.15) is 0 Å². The van der Waals surface area contributed by atoms with Crippen molar-refractivity contribution >= 4 is 5.95 Å². The van der Waals surface area contributed by atoms with E-state index < -0.39 is 0 Å². The van der Waals surface area contributed by atoms with Crippen LogP contribution < -0.4 is 5.32 Å². The van der Waals surface area contributed by atoms with Gasteiger partial charge in [0.15, 0.2) is 0 Å². The lowest BCUT2D eigenvalue weighted by atomic mass is 10.4. The number of anilines is 1. The van der Waals surface area contributed by atoms with Gasteiger partial charge >= 0.3 is 0 Å². The summed E-state index contributed by atoms with van der Waals surface area (Å²) in [6, 6.07) is 0. The Bertz CT molecular complexity index is 312. The van der Waals surface area contributed by atoms with Gasteiger partial charge in [-0.3, -0.25) is 0 Å². The van der Waals surface area contributed by atoms with E-state index in [2.05, 4.69) is 26.0 Å². The summed E-state index contributed by atoms with van der Waals surface area (Å²) in [7, 11) is 1.92. The van der Waals surface area contributed by atoms with Crippen LogP contribution in [-0.2, 0) is 6.54 Å². The smallest absolute Gasteiger partial charge is 0.202 e. The van der Waals surface area contributed by atoms with Crippen molar-refractivity contribution < 1.29 is 0 Å². The van der Waals surface area contributed by atoms with Crippen LogP contribution in [0, 0.1) is 6.92 Å². The third kappa shape index (κ3) is 2.50. The Balaban J connectivity index is 1.91. The van der Waals surface area contributed by atoms with Crippen LogP contribution in [0.15, 0.2) is 6.20 Å². The van der Waals surface area contributed by atoms with E-state index in [0.717, 1.165) is 24.7 Å². The molecule has 2 heterocycles. The van der Waals surface area contributed by atoms with Crippen LogP contribution in [0.3, 0.4) is 0 Å². The fraction of sp³-hybridized carbons (Fsp3) is 0.727. The molecular weight excluding hydrogens is 188 g/mol. The summed E-state index contributed by atoms with van der Waals surface area (Å²) in [5, 5.41) is 3.13. The summed E-state index contributed by atoms with van der Waals surface area (Å²) in [6.07, 6.45) is 4.84. The standard InChI is InChI=1S/C11H20N4/c1-10-9-15(11(12-2)13-10)8-7-14-5-3-4-6-14/h9H,3-8H2,1-2H3,(H,12,13). The molecular formula is C11H20N4. The average Bonchev–Trinajstić information content (AvgIpc) is 2.83. The summed E-state index contributed by atoms with van der Waals surface area (Å²) in [5.74, 6) is 0.978. The average molecular weight is 208 g/mol. The van der Waals surface area contributed by atoms with Gasteiger partial charge in [0.2, 0.25) is 5.95 Å². The Hall–Kier alpha value is -1.03. The molecule has 0 unspecified atom stereocenters. The van der Waals surface area contributed by atoms with Gasteiger partial charge in [-0.25, -0.2) is 4.98 Å². The number of nitrogens with one attached hydrogen (secondary N) is 1. The van der Waals surface area contributed by atoms with Crippen LogP contribution in [0.5, 0.6) is 0 Å². The van der Waals surface area contributed by atoms with E-state index in [9.17, 15) is 0 Å². The van der Waals surface area contributed by atoms with Gasteiger partial charge in [-0.2, -0.15) is 0 Å². The largest absolute Gasteiger partial charge is 0.359 e. The number of likely N-dealkylation sites (tertiary alicyclic amines) is 1. The van der Waals surface area contributed by atoms with E-state index in [4.69, 9.17) is 0 Å². The van der Waals surface area contributed by atoms with Crippen molar-refractivity contribution in [1.82, 2.24) is 14.5 Å². The molecule has 0 spiro atoms. The summed E-state index contributed by atoms with van der Waals surface area (Å²) in [5.41, 5.74) is 1.08. The second-order valence-electron chi connectivity index (χ2n) is 4.20. The minimum absolute atomic E-state index is 0.978. The predicted octanol–water partition coefficient (Wildman–Crippen LogP) is 1.33. The van der Waals surface area contributed by atoms with Gasteiger partial charge in [0.25, 0.3) is 0 Å². The molecule has 0 aliphatic carbocycles. The molecule has 0 bridgehead atoms. The number of nitrogens with zero attached hydrogens (tertiary/aromatic N) is 3. The fourth-order valence-corrected chi connectivity index (χ4v) is 2.17.